The molecule has 0 N–H and O–H groups in total. The summed E-state index contributed by atoms with van der Waals surface area (Å²) in [4.78, 5) is 9.21. The maximum atomic E-state index is 5.88. The second-order valence-corrected chi connectivity index (χ2v) is 7.26. The van der Waals surface area contributed by atoms with Crippen LogP contribution in [0.15, 0.2) is 17.0 Å². The van der Waals surface area contributed by atoms with Crippen molar-refractivity contribution < 1.29 is 9.47 Å². The number of fused-ring (bicyclic) bond motifs is 2. The molecule has 0 amide bonds. The molecule has 5 nitrogen and oxygen atoms in total. The SMILES string of the molecule is CCCOc1nc(Br)cn2cc(C34COC(C)(C3)C4)nc12. The van der Waals surface area contributed by atoms with Gasteiger partial charge in [-0.05, 0) is 42.1 Å². The van der Waals surface area contributed by atoms with Gasteiger partial charge in [-0.25, -0.2) is 9.97 Å². The van der Waals surface area contributed by atoms with Gasteiger partial charge < -0.3 is 9.47 Å². The molecule has 0 radical (unpaired) electrons. The molecule has 112 valence electrons. The summed E-state index contributed by atoms with van der Waals surface area (Å²) in [6.07, 6.45) is 7.08. The highest BCUT2D eigenvalue weighted by Crippen LogP contribution is 2.58. The van der Waals surface area contributed by atoms with Crippen molar-refractivity contribution in [3.8, 4) is 5.88 Å². The lowest BCUT2D eigenvalue weighted by molar-refractivity contribution is 0.0154. The Morgan fingerprint density at radius 3 is 2.86 bits per heavy atom. The van der Waals surface area contributed by atoms with E-state index in [9.17, 15) is 0 Å². The van der Waals surface area contributed by atoms with Crippen molar-refractivity contribution in [1.29, 1.82) is 0 Å². The van der Waals surface area contributed by atoms with Gasteiger partial charge in [-0.3, -0.25) is 4.40 Å². The van der Waals surface area contributed by atoms with E-state index in [1.807, 2.05) is 10.6 Å². The standard InChI is InChI=1S/C15H18BrN3O2/c1-3-4-20-13-12-17-10(5-19(12)6-11(16)18-13)15-7-14(2,8-15)21-9-15/h5-6H,3-4,7-9H2,1-2H3. The fraction of sp³-hybridized carbons (Fsp3) is 0.600. The molecule has 0 unspecified atom stereocenters. The number of halogens is 1. The Kier molecular flexibility index (Phi) is 2.85. The molecule has 6 heteroatoms. The first-order valence-electron chi connectivity index (χ1n) is 7.36. The van der Waals surface area contributed by atoms with Gasteiger partial charge in [0, 0.05) is 17.8 Å². The van der Waals surface area contributed by atoms with Crippen LogP contribution in [0.5, 0.6) is 5.88 Å². The summed E-state index contributed by atoms with van der Waals surface area (Å²) in [6, 6.07) is 0. The molecule has 2 bridgehead atoms. The first kappa shape index (κ1) is 13.5. The highest BCUT2D eigenvalue weighted by atomic mass is 79.9. The van der Waals surface area contributed by atoms with Gasteiger partial charge in [0.1, 0.15) is 4.60 Å². The van der Waals surface area contributed by atoms with E-state index < -0.39 is 0 Å². The molecule has 2 aromatic heterocycles. The Morgan fingerprint density at radius 2 is 2.19 bits per heavy atom. The fourth-order valence-corrected chi connectivity index (χ4v) is 4.03. The van der Waals surface area contributed by atoms with Crippen molar-refractivity contribution >= 4 is 21.6 Å². The second kappa shape index (κ2) is 4.43. The van der Waals surface area contributed by atoms with Crippen molar-refractivity contribution in [3.63, 3.8) is 0 Å². The van der Waals surface area contributed by atoms with E-state index in [-0.39, 0.29) is 11.0 Å². The van der Waals surface area contributed by atoms with Crippen LogP contribution >= 0.6 is 15.9 Å². The number of ether oxygens (including phenoxy) is 2. The zero-order chi connectivity index (χ0) is 14.7. The number of nitrogens with zero attached hydrogens (tertiary/aromatic N) is 3. The molecule has 3 aliphatic rings. The molecule has 0 spiro atoms. The molecule has 0 atom stereocenters. The van der Waals surface area contributed by atoms with Crippen LogP contribution < -0.4 is 4.74 Å². The van der Waals surface area contributed by atoms with Crippen molar-refractivity contribution in [2.45, 2.75) is 44.1 Å². The summed E-state index contributed by atoms with van der Waals surface area (Å²) in [5, 5.41) is 0. The molecule has 21 heavy (non-hydrogen) atoms. The van der Waals surface area contributed by atoms with Crippen LogP contribution in [0.4, 0.5) is 0 Å². The molecule has 2 aliphatic heterocycles. The highest BCUT2D eigenvalue weighted by Gasteiger charge is 2.61. The van der Waals surface area contributed by atoms with Gasteiger partial charge in [0.15, 0.2) is 0 Å². The first-order chi connectivity index (χ1) is 10.0. The van der Waals surface area contributed by atoms with Crippen LogP contribution in [0.1, 0.15) is 38.8 Å². The van der Waals surface area contributed by atoms with E-state index in [1.165, 1.54) is 0 Å². The maximum Gasteiger partial charge on any atom is 0.259 e. The predicted molar refractivity (Wildman–Crippen MR) is 81.7 cm³/mol. The van der Waals surface area contributed by atoms with Gasteiger partial charge >= 0.3 is 0 Å². The molecule has 0 aromatic carbocycles. The maximum absolute atomic E-state index is 5.88. The van der Waals surface area contributed by atoms with E-state index in [0.717, 1.165) is 41.8 Å². The Bertz CT molecular complexity index is 706. The molecule has 1 aliphatic carbocycles. The van der Waals surface area contributed by atoms with Gasteiger partial charge in [-0.15, -0.1) is 0 Å². The highest BCUT2D eigenvalue weighted by molar-refractivity contribution is 9.10. The largest absolute Gasteiger partial charge is 0.475 e. The van der Waals surface area contributed by atoms with E-state index in [1.54, 1.807) is 0 Å². The summed E-state index contributed by atoms with van der Waals surface area (Å²) >= 11 is 3.44. The molecular weight excluding hydrogens is 334 g/mol. The number of hydrogen-bond donors (Lipinski definition) is 0. The summed E-state index contributed by atoms with van der Waals surface area (Å²) in [5.74, 6) is 0.592. The van der Waals surface area contributed by atoms with Crippen LogP contribution in [0.25, 0.3) is 5.65 Å². The Morgan fingerprint density at radius 1 is 1.38 bits per heavy atom. The summed E-state index contributed by atoms with van der Waals surface area (Å²) in [6.45, 7) is 5.68. The predicted octanol–water partition coefficient (Wildman–Crippen LogP) is 3.10. The van der Waals surface area contributed by atoms with Gasteiger partial charge in [0.25, 0.3) is 5.88 Å². The van der Waals surface area contributed by atoms with Gasteiger partial charge in [-0.1, -0.05) is 6.92 Å². The third-order valence-electron chi connectivity index (χ3n) is 4.49. The van der Waals surface area contributed by atoms with Crippen molar-refractivity contribution in [2.75, 3.05) is 13.2 Å². The third-order valence-corrected chi connectivity index (χ3v) is 4.87. The van der Waals surface area contributed by atoms with Crippen molar-refractivity contribution in [3.05, 3.63) is 22.7 Å². The third kappa shape index (κ3) is 1.99. The average molecular weight is 352 g/mol. The molecule has 3 fully saturated rings. The van der Waals surface area contributed by atoms with Crippen LogP contribution in [0, 0.1) is 0 Å². The first-order valence-corrected chi connectivity index (χ1v) is 8.15. The topological polar surface area (TPSA) is 48.7 Å². The summed E-state index contributed by atoms with van der Waals surface area (Å²) < 4.78 is 14.4. The van der Waals surface area contributed by atoms with E-state index >= 15 is 0 Å². The monoisotopic (exact) mass is 351 g/mol. The van der Waals surface area contributed by atoms with Crippen LogP contribution in [0.3, 0.4) is 0 Å². The van der Waals surface area contributed by atoms with E-state index in [0.29, 0.717) is 12.5 Å². The van der Waals surface area contributed by atoms with Gasteiger partial charge in [-0.2, -0.15) is 0 Å². The normalized spacial score (nSPS) is 30.6. The lowest BCUT2D eigenvalue weighted by Crippen LogP contribution is -2.45. The van der Waals surface area contributed by atoms with Crippen LogP contribution in [-0.2, 0) is 10.2 Å². The Balaban J connectivity index is 1.76. The van der Waals surface area contributed by atoms with Gasteiger partial charge in [0.05, 0.1) is 24.5 Å². The zero-order valence-electron chi connectivity index (χ0n) is 12.2. The number of rotatable bonds is 4. The van der Waals surface area contributed by atoms with E-state index in [2.05, 4.69) is 41.0 Å². The number of aromatic nitrogens is 3. The smallest absolute Gasteiger partial charge is 0.259 e. The van der Waals surface area contributed by atoms with Crippen LogP contribution in [-0.4, -0.2) is 33.2 Å². The van der Waals surface area contributed by atoms with Crippen molar-refractivity contribution in [1.82, 2.24) is 14.4 Å². The molecule has 4 heterocycles. The Labute approximate surface area is 131 Å². The molecule has 2 aromatic rings. The lowest BCUT2D eigenvalue weighted by atomic mass is 9.62. The molecule has 2 saturated heterocycles. The zero-order valence-corrected chi connectivity index (χ0v) is 13.8. The minimum absolute atomic E-state index is 0.0656. The fourth-order valence-electron chi connectivity index (χ4n) is 3.64. The summed E-state index contributed by atoms with van der Waals surface area (Å²) in [7, 11) is 0. The Hall–Kier alpha value is -1.14. The van der Waals surface area contributed by atoms with Crippen molar-refractivity contribution in [2.24, 2.45) is 0 Å². The number of imidazole rings is 1. The minimum Gasteiger partial charge on any atom is -0.475 e. The quantitative estimate of drug-likeness (QED) is 0.849. The van der Waals surface area contributed by atoms with E-state index in [4.69, 9.17) is 14.5 Å². The van der Waals surface area contributed by atoms with Gasteiger partial charge in [0.2, 0.25) is 5.65 Å². The second-order valence-electron chi connectivity index (χ2n) is 6.45. The number of hydrogen-bond acceptors (Lipinski definition) is 4. The lowest BCUT2D eigenvalue weighted by Gasteiger charge is -2.41. The minimum atomic E-state index is 0.0656. The molecule has 5 rings (SSSR count). The average Bonchev–Trinajstić information content (AvgIpc) is 3.05. The summed E-state index contributed by atoms with van der Waals surface area (Å²) in [5.41, 5.74) is 2.04. The van der Waals surface area contributed by atoms with Crippen LogP contribution in [0.2, 0.25) is 0 Å². The molecule has 1 saturated carbocycles. The molecular formula is C15H18BrN3O2.